The molecule has 0 saturated heterocycles. The van der Waals surface area contributed by atoms with Crippen molar-refractivity contribution in [3.05, 3.63) is 34.9 Å². The molecular weight excluding hydrogens is 360 g/mol. The summed E-state index contributed by atoms with van der Waals surface area (Å²) in [6.07, 6.45) is 7.63. The van der Waals surface area contributed by atoms with Crippen LogP contribution >= 0.6 is 0 Å². The average molecular weight is 391 g/mol. The molecule has 5 nitrogen and oxygen atoms in total. The van der Waals surface area contributed by atoms with E-state index in [2.05, 4.69) is 23.1 Å². The number of nitrogens with zero attached hydrogens (tertiary/aromatic N) is 3. The lowest BCUT2D eigenvalue weighted by atomic mass is 9.77. The van der Waals surface area contributed by atoms with Crippen molar-refractivity contribution in [3.63, 3.8) is 0 Å². The third kappa shape index (κ3) is 5.75. The molecule has 1 fully saturated rings. The molecule has 1 heterocycles. The standard InChI is InChI=1S/C24H30N4O/c25-12-2-1-3-23(29)24(27)20-7-4-18(5-8-20)10-13-28-14-11-21-15-19(16-26)6-9-22(21)17-28/h6,9,15,18,20,27H,1-5,7-8,10-11,13-14,17H2. The summed E-state index contributed by atoms with van der Waals surface area (Å²) in [5, 5.41) is 25.8. The lowest BCUT2D eigenvalue weighted by molar-refractivity contribution is -0.113. The molecule has 3 rings (SSSR count). The lowest BCUT2D eigenvalue weighted by Crippen LogP contribution is -2.33. The Morgan fingerprint density at radius 3 is 2.69 bits per heavy atom. The summed E-state index contributed by atoms with van der Waals surface area (Å²) in [6, 6.07) is 10.3. The Hall–Kier alpha value is -2.50. The van der Waals surface area contributed by atoms with E-state index in [0.717, 1.165) is 57.3 Å². The molecule has 0 amide bonds. The number of carbonyl (C=O) groups excluding carboxylic acids is 1. The van der Waals surface area contributed by atoms with Crippen molar-refractivity contribution in [3.8, 4) is 12.1 Å². The second kappa shape index (κ2) is 10.3. The van der Waals surface area contributed by atoms with Gasteiger partial charge >= 0.3 is 0 Å². The minimum Gasteiger partial charge on any atom is -0.301 e. The highest BCUT2D eigenvalue weighted by Gasteiger charge is 2.27. The molecule has 152 valence electrons. The molecule has 1 N–H and O–H groups in total. The van der Waals surface area contributed by atoms with Gasteiger partial charge in [-0.05, 0) is 80.7 Å². The number of ketones is 1. The number of hydrogen-bond acceptors (Lipinski definition) is 5. The minimum atomic E-state index is -0.0600. The summed E-state index contributed by atoms with van der Waals surface area (Å²) >= 11 is 0. The van der Waals surface area contributed by atoms with Crippen LogP contribution in [0.5, 0.6) is 0 Å². The second-order valence-corrected chi connectivity index (χ2v) is 8.48. The van der Waals surface area contributed by atoms with E-state index in [1.807, 2.05) is 12.1 Å². The highest BCUT2D eigenvalue weighted by atomic mass is 16.1. The summed E-state index contributed by atoms with van der Waals surface area (Å²) in [7, 11) is 0. The molecule has 0 bridgehead atoms. The van der Waals surface area contributed by atoms with Crippen LogP contribution in [0.25, 0.3) is 0 Å². The SMILES string of the molecule is N#CCCCC(=O)C(=N)C1CCC(CCN2CCc3cc(C#N)ccc3C2)CC1. The third-order valence-corrected chi connectivity index (χ3v) is 6.53. The van der Waals surface area contributed by atoms with Gasteiger partial charge in [0.1, 0.15) is 0 Å². The van der Waals surface area contributed by atoms with Crippen LogP contribution in [0, 0.1) is 39.9 Å². The molecule has 1 aromatic carbocycles. The van der Waals surface area contributed by atoms with Crippen molar-refractivity contribution in [2.24, 2.45) is 11.8 Å². The van der Waals surface area contributed by atoms with E-state index in [-0.39, 0.29) is 11.7 Å². The number of Topliss-reactive ketones (excluding diaryl/α,β-unsaturated/α-hetero) is 1. The highest BCUT2D eigenvalue weighted by molar-refractivity contribution is 6.39. The summed E-state index contributed by atoms with van der Waals surface area (Å²) in [5.41, 5.74) is 3.72. The van der Waals surface area contributed by atoms with E-state index in [1.54, 1.807) is 0 Å². The van der Waals surface area contributed by atoms with E-state index in [9.17, 15) is 4.79 Å². The predicted octanol–water partition coefficient (Wildman–Crippen LogP) is 4.40. The van der Waals surface area contributed by atoms with Gasteiger partial charge in [0.25, 0.3) is 0 Å². The normalized spacial score (nSPS) is 21.6. The minimum absolute atomic E-state index is 0.0600. The molecule has 0 atom stereocenters. The van der Waals surface area contributed by atoms with Gasteiger partial charge < -0.3 is 5.41 Å². The number of hydrogen-bond donors (Lipinski definition) is 1. The first-order chi connectivity index (χ1) is 14.1. The quantitative estimate of drug-likeness (QED) is 0.526. The topological polar surface area (TPSA) is 91.7 Å². The van der Waals surface area contributed by atoms with Crippen molar-refractivity contribution in [2.75, 3.05) is 13.1 Å². The van der Waals surface area contributed by atoms with Gasteiger partial charge in [-0.3, -0.25) is 9.69 Å². The van der Waals surface area contributed by atoms with Gasteiger partial charge in [-0.15, -0.1) is 0 Å². The first-order valence-electron chi connectivity index (χ1n) is 10.8. The Kier molecular flexibility index (Phi) is 7.55. The largest absolute Gasteiger partial charge is 0.301 e. The van der Waals surface area contributed by atoms with Crippen LogP contribution in [-0.2, 0) is 17.8 Å². The smallest absolute Gasteiger partial charge is 0.176 e. The molecule has 2 aliphatic rings. The molecule has 0 unspecified atom stereocenters. The van der Waals surface area contributed by atoms with Gasteiger partial charge in [-0.2, -0.15) is 10.5 Å². The van der Waals surface area contributed by atoms with Crippen LogP contribution in [0.4, 0.5) is 0 Å². The van der Waals surface area contributed by atoms with Crippen molar-refractivity contribution in [2.45, 2.75) is 64.3 Å². The van der Waals surface area contributed by atoms with E-state index in [0.29, 0.717) is 30.9 Å². The monoisotopic (exact) mass is 390 g/mol. The third-order valence-electron chi connectivity index (χ3n) is 6.53. The zero-order valence-corrected chi connectivity index (χ0v) is 17.1. The second-order valence-electron chi connectivity index (χ2n) is 8.48. The first-order valence-corrected chi connectivity index (χ1v) is 10.8. The Labute approximate surface area is 173 Å². The summed E-state index contributed by atoms with van der Waals surface area (Å²) < 4.78 is 0. The Morgan fingerprint density at radius 1 is 1.17 bits per heavy atom. The first kappa shape index (κ1) is 21.2. The van der Waals surface area contributed by atoms with Crippen molar-refractivity contribution in [1.82, 2.24) is 4.90 Å². The molecule has 1 saturated carbocycles. The van der Waals surface area contributed by atoms with E-state index < -0.39 is 0 Å². The number of rotatable bonds is 8. The maximum absolute atomic E-state index is 12.1. The van der Waals surface area contributed by atoms with E-state index in [1.165, 1.54) is 17.5 Å². The van der Waals surface area contributed by atoms with Crippen LogP contribution in [-0.4, -0.2) is 29.5 Å². The Bertz CT molecular complexity index is 824. The van der Waals surface area contributed by atoms with Gasteiger partial charge in [-0.1, -0.05) is 6.07 Å². The van der Waals surface area contributed by atoms with E-state index in [4.69, 9.17) is 15.9 Å². The molecule has 1 aliphatic carbocycles. The molecule has 5 heteroatoms. The van der Waals surface area contributed by atoms with Crippen molar-refractivity contribution in [1.29, 1.82) is 15.9 Å². The molecular formula is C24H30N4O. The number of fused-ring (bicyclic) bond motifs is 1. The van der Waals surface area contributed by atoms with Gasteiger partial charge in [0.2, 0.25) is 0 Å². The number of nitriles is 2. The van der Waals surface area contributed by atoms with Crippen LogP contribution in [0.2, 0.25) is 0 Å². The number of unbranched alkanes of at least 4 members (excludes halogenated alkanes) is 1. The van der Waals surface area contributed by atoms with Gasteiger partial charge in [0.05, 0.1) is 23.4 Å². The fourth-order valence-electron chi connectivity index (χ4n) is 4.67. The molecule has 1 aromatic rings. The lowest BCUT2D eigenvalue weighted by Gasteiger charge is -2.32. The molecule has 1 aliphatic heterocycles. The number of nitrogens with one attached hydrogen (secondary N) is 1. The molecule has 0 aromatic heterocycles. The maximum atomic E-state index is 12.1. The Balaban J connectivity index is 1.39. The van der Waals surface area contributed by atoms with Crippen molar-refractivity contribution < 1.29 is 4.79 Å². The van der Waals surface area contributed by atoms with Crippen LogP contribution in [0.15, 0.2) is 18.2 Å². The average Bonchev–Trinajstić information content (AvgIpc) is 2.77. The maximum Gasteiger partial charge on any atom is 0.176 e. The number of carbonyl (C=O) groups is 1. The van der Waals surface area contributed by atoms with Crippen LogP contribution < -0.4 is 0 Å². The molecule has 0 radical (unpaired) electrons. The number of benzene rings is 1. The summed E-state index contributed by atoms with van der Waals surface area (Å²) in [5.74, 6) is 0.752. The fraction of sp³-hybridized carbons (Fsp3) is 0.583. The Morgan fingerprint density at radius 2 is 1.97 bits per heavy atom. The van der Waals surface area contributed by atoms with Crippen molar-refractivity contribution >= 4 is 11.5 Å². The summed E-state index contributed by atoms with van der Waals surface area (Å²) in [4.78, 5) is 14.6. The zero-order chi connectivity index (χ0) is 20.6. The summed E-state index contributed by atoms with van der Waals surface area (Å²) in [6.45, 7) is 3.12. The van der Waals surface area contributed by atoms with Gasteiger partial charge in [0.15, 0.2) is 5.78 Å². The van der Waals surface area contributed by atoms with Gasteiger partial charge in [0, 0.05) is 31.8 Å². The fourth-order valence-corrected chi connectivity index (χ4v) is 4.67. The van der Waals surface area contributed by atoms with Crippen LogP contribution in [0.3, 0.4) is 0 Å². The van der Waals surface area contributed by atoms with Crippen LogP contribution in [0.1, 0.15) is 68.1 Å². The van der Waals surface area contributed by atoms with Gasteiger partial charge in [-0.25, -0.2) is 0 Å². The zero-order valence-electron chi connectivity index (χ0n) is 17.1. The molecule has 29 heavy (non-hydrogen) atoms. The highest BCUT2D eigenvalue weighted by Crippen LogP contribution is 2.32. The predicted molar refractivity (Wildman–Crippen MR) is 112 cm³/mol. The molecule has 0 spiro atoms. The van der Waals surface area contributed by atoms with E-state index >= 15 is 0 Å².